The van der Waals surface area contributed by atoms with Gasteiger partial charge in [0.1, 0.15) is 24.6 Å². The highest BCUT2D eigenvalue weighted by atomic mass is 79.9. The first kappa shape index (κ1) is 22.0. The van der Waals surface area contributed by atoms with Crippen LogP contribution in [0, 0.1) is 0 Å². The Labute approximate surface area is 199 Å². The second-order valence-corrected chi connectivity index (χ2v) is 8.77. The van der Waals surface area contributed by atoms with Crippen LogP contribution in [0.2, 0.25) is 0 Å². The number of hydrogen-bond donors (Lipinski definition) is 2. The van der Waals surface area contributed by atoms with Gasteiger partial charge in [0.15, 0.2) is 0 Å². The van der Waals surface area contributed by atoms with Crippen LogP contribution in [0.4, 0.5) is 4.79 Å². The predicted octanol–water partition coefficient (Wildman–Crippen LogP) is 4.92. The Kier molecular flexibility index (Phi) is 6.29. The molecule has 0 unspecified atom stereocenters. The Hall–Kier alpha value is -3.17. The van der Waals surface area contributed by atoms with Crippen molar-refractivity contribution in [2.24, 2.45) is 0 Å². The second kappa shape index (κ2) is 9.13. The van der Waals surface area contributed by atoms with Crippen LogP contribution >= 0.6 is 31.9 Å². The quantitative estimate of drug-likeness (QED) is 0.330. The van der Waals surface area contributed by atoms with E-state index in [0.717, 1.165) is 16.3 Å². The molecule has 0 aliphatic carbocycles. The van der Waals surface area contributed by atoms with Crippen molar-refractivity contribution in [3.05, 3.63) is 80.4 Å². The van der Waals surface area contributed by atoms with Crippen LogP contribution in [-0.4, -0.2) is 34.5 Å². The summed E-state index contributed by atoms with van der Waals surface area (Å²) in [6.45, 7) is -0.335. The number of aliphatic carboxylic acids is 1. The highest BCUT2D eigenvalue weighted by Gasteiger charge is 2.34. The first-order valence-electron chi connectivity index (χ1n) is 9.47. The van der Waals surface area contributed by atoms with E-state index >= 15 is 0 Å². The molecule has 7 nitrogen and oxygen atoms in total. The van der Waals surface area contributed by atoms with Gasteiger partial charge in [-0.05, 0) is 78.0 Å². The fourth-order valence-corrected chi connectivity index (χ4v) is 4.75. The fraction of sp³-hybridized carbons (Fsp3) is 0.0870. The molecule has 1 aliphatic rings. The Morgan fingerprint density at radius 2 is 1.72 bits per heavy atom. The van der Waals surface area contributed by atoms with E-state index in [2.05, 4.69) is 49.3 Å². The minimum absolute atomic E-state index is 0.000109. The molecule has 1 heterocycles. The highest BCUT2D eigenvalue weighted by molar-refractivity contribution is 9.11. The first-order chi connectivity index (χ1) is 15.3. The summed E-state index contributed by atoms with van der Waals surface area (Å²) in [5, 5.41) is 13.5. The molecule has 0 saturated carbocycles. The maximum absolute atomic E-state index is 12.3. The second-order valence-electron chi connectivity index (χ2n) is 7.06. The summed E-state index contributed by atoms with van der Waals surface area (Å²) < 4.78 is 7.31. The average Bonchev–Trinajstić information content (AvgIpc) is 3.00. The molecular weight excluding hydrogens is 544 g/mol. The van der Waals surface area contributed by atoms with Gasteiger partial charge in [0.25, 0.3) is 5.91 Å². The number of rotatable bonds is 6. The molecular formula is C23H16Br2N2O5. The van der Waals surface area contributed by atoms with E-state index in [1.54, 1.807) is 12.1 Å². The third-order valence-corrected chi connectivity index (χ3v) is 5.96. The monoisotopic (exact) mass is 558 g/mol. The molecule has 1 aliphatic heterocycles. The lowest BCUT2D eigenvalue weighted by molar-refractivity contribution is -0.140. The van der Waals surface area contributed by atoms with E-state index < -0.39 is 24.5 Å². The molecule has 0 bridgehead atoms. The van der Waals surface area contributed by atoms with Crippen LogP contribution in [0.15, 0.2) is 69.2 Å². The van der Waals surface area contributed by atoms with E-state index in [-0.39, 0.29) is 5.70 Å². The van der Waals surface area contributed by atoms with Gasteiger partial charge in [0, 0.05) is 0 Å². The lowest BCUT2D eigenvalue weighted by Crippen LogP contribution is -2.35. The number of imide groups is 1. The lowest BCUT2D eigenvalue weighted by Gasteiger charge is -2.12. The zero-order valence-electron chi connectivity index (χ0n) is 16.5. The Morgan fingerprint density at radius 1 is 1.03 bits per heavy atom. The van der Waals surface area contributed by atoms with E-state index in [9.17, 15) is 14.4 Å². The van der Waals surface area contributed by atoms with E-state index in [0.29, 0.717) is 31.8 Å². The van der Waals surface area contributed by atoms with E-state index in [4.69, 9.17) is 9.84 Å². The number of carbonyl (C=O) groups is 3. The number of ether oxygens (including phenoxy) is 1. The lowest BCUT2D eigenvalue weighted by atomic mass is 10.1. The maximum atomic E-state index is 12.3. The Bertz CT molecular complexity index is 1270. The van der Waals surface area contributed by atoms with Crippen molar-refractivity contribution in [2.75, 3.05) is 6.54 Å². The number of urea groups is 1. The molecule has 0 aromatic heterocycles. The zero-order chi connectivity index (χ0) is 22.8. The van der Waals surface area contributed by atoms with Crippen LogP contribution < -0.4 is 10.1 Å². The number of nitrogens with zero attached hydrogens (tertiary/aromatic N) is 1. The minimum Gasteiger partial charge on any atom is -0.487 e. The summed E-state index contributed by atoms with van der Waals surface area (Å²) in [6, 6.07) is 17.0. The average molecular weight is 560 g/mol. The molecule has 162 valence electrons. The number of fused-ring (bicyclic) bond motifs is 1. The summed E-state index contributed by atoms with van der Waals surface area (Å²) in [5.41, 5.74) is 1.63. The SMILES string of the molecule is O=C(O)CN1C(=O)N/C(=C/c2cc(Br)c(OCc3ccc4ccccc4c3)c(Br)c2)C1=O. The summed E-state index contributed by atoms with van der Waals surface area (Å²) >= 11 is 6.98. The van der Waals surface area contributed by atoms with Crippen LogP contribution in [0.25, 0.3) is 16.8 Å². The number of nitrogens with one attached hydrogen (secondary N) is 1. The number of hydrogen-bond acceptors (Lipinski definition) is 4. The molecule has 3 aromatic carbocycles. The van der Waals surface area contributed by atoms with Crippen molar-refractivity contribution in [2.45, 2.75) is 6.61 Å². The van der Waals surface area contributed by atoms with Gasteiger partial charge in [0.05, 0.1) is 8.95 Å². The number of carboxylic acid groups (broad SMARTS) is 1. The van der Waals surface area contributed by atoms with Crippen molar-refractivity contribution >= 4 is 66.6 Å². The van der Waals surface area contributed by atoms with Gasteiger partial charge < -0.3 is 15.2 Å². The third-order valence-electron chi connectivity index (χ3n) is 4.78. The van der Waals surface area contributed by atoms with Crippen LogP contribution in [-0.2, 0) is 16.2 Å². The van der Waals surface area contributed by atoms with Crippen molar-refractivity contribution in [1.82, 2.24) is 10.2 Å². The molecule has 0 spiro atoms. The molecule has 0 atom stereocenters. The zero-order valence-corrected chi connectivity index (χ0v) is 19.6. The highest BCUT2D eigenvalue weighted by Crippen LogP contribution is 2.36. The number of halogens is 2. The van der Waals surface area contributed by atoms with Gasteiger partial charge in [-0.1, -0.05) is 36.4 Å². The van der Waals surface area contributed by atoms with Gasteiger partial charge in [-0.15, -0.1) is 0 Å². The normalized spacial score (nSPS) is 14.8. The molecule has 32 heavy (non-hydrogen) atoms. The largest absolute Gasteiger partial charge is 0.487 e. The van der Waals surface area contributed by atoms with Crippen LogP contribution in [0.3, 0.4) is 0 Å². The van der Waals surface area contributed by atoms with Crippen LogP contribution in [0.5, 0.6) is 5.75 Å². The smallest absolute Gasteiger partial charge is 0.329 e. The van der Waals surface area contributed by atoms with Gasteiger partial charge in [-0.25, -0.2) is 9.69 Å². The fourth-order valence-electron chi connectivity index (χ4n) is 3.30. The molecule has 3 amide bonds. The minimum atomic E-state index is -1.27. The Balaban J connectivity index is 1.52. The molecule has 0 radical (unpaired) electrons. The molecule has 9 heteroatoms. The molecule has 1 fully saturated rings. The maximum Gasteiger partial charge on any atom is 0.329 e. The van der Waals surface area contributed by atoms with Gasteiger partial charge >= 0.3 is 12.0 Å². The number of amides is 3. The molecule has 3 aromatic rings. The van der Waals surface area contributed by atoms with E-state index in [1.165, 1.54) is 6.08 Å². The topological polar surface area (TPSA) is 95.9 Å². The third kappa shape index (κ3) is 4.68. The van der Waals surface area contributed by atoms with Crippen LogP contribution in [0.1, 0.15) is 11.1 Å². The van der Waals surface area contributed by atoms with Crippen molar-refractivity contribution < 1.29 is 24.2 Å². The molecule has 4 rings (SSSR count). The molecule has 1 saturated heterocycles. The van der Waals surface area contributed by atoms with Gasteiger partial charge in [-0.2, -0.15) is 0 Å². The number of carbonyl (C=O) groups excluding carboxylic acids is 2. The molecule has 2 N–H and O–H groups in total. The van der Waals surface area contributed by atoms with Crippen molar-refractivity contribution in [1.29, 1.82) is 0 Å². The number of carboxylic acids is 1. The van der Waals surface area contributed by atoms with E-state index in [1.807, 2.05) is 30.3 Å². The van der Waals surface area contributed by atoms with Crippen molar-refractivity contribution in [3.63, 3.8) is 0 Å². The summed E-state index contributed by atoms with van der Waals surface area (Å²) in [6.07, 6.45) is 1.48. The van der Waals surface area contributed by atoms with Gasteiger partial charge in [0.2, 0.25) is 0 Å². The summed E-state index contributed by atoms with van der Waals surface area (Å²) in [4.78, 5) is 35.7. The summed E-state index contributed by atoms with van der Waals surface area (Å²) in [5.74, 6) is -1.37. The number of benzene rings is 3. The summed E-state index contributed by atoms with van der Waals surface area (Å²) in [7, 11) is 0. The predicted molar refractivity (Wildman–Crippen MR) is 126 cm³/mol. The standard InChI is InChI=1S/C23H16Br2N2O5/c24-17-8-14(10-19-22(30)27(11-20(28)29)23(31)26-19)9-18(25)21(17)32-12-13-5-6-15-3-1-2-4-16(15)7-13/h1-10H,11-12H2,(H,26,31)(H,28,29)/b19-10+. The van der Waals surface area contributed by atoms with Crippen molar-refractivity contribution in [3.8, 4) is 5.75 Å². The van der Waals surface area contributed by atoms with Gasteiger partial charge in [-0.3, -0.25) is 9.59 Å². The Morgan fingerprint density at radius 3 is 2.41 bits per heavy atom. The first-order valence-corrected chi connectivity index (χ1v) is 11.1.